The molecule has 12 heteroatoms. The predicted molar refractivity (Wildman–Crippen MR) is 101 cm³/mol. The van der Waals surface area contributed by atoms with Crippen LogP contribution < -0.4 is 10.6 Å². The Bertz CT molecular complexity index is 935. The standard InChI is InChI=1S/C19H20FN3O8/c20-12-7-10-11(8-13(12)21-3-4-30-5-6-31-9-16(25)26)19(29)23(18(10)28)14-1-2-15(24)22-17(14)27/h7-8,14,21H,1-6,9H2,(H,25,26)(H,22,24,27). The Morgan fingerprint density at radius 3 is 2.48 bits per heavy atom. The van der Waals surface area contributed by atoms with E-state index in [1.807, 2.05) is 0 Å². The van der Waals surface area contributed by atoms with Gasteiger partial charge < -0.3 is 19.9 Å². The van der Waals surface area contributed by atoms with Crippen LogP contribution in [0.5, 0.6) is 0 Å². The molecule has 1 fully saturated rings. The van der Waals surface area contributed by atoms with Crippen molar-refractivity contribution in [1.82, 2.24) is 10.2 Å². The van der Waals surface area contributed by atoms with Crippen molar-refractivity contribution >= 4 is 35.3 Å². The fraction of sp³-hybridized carbons (Fsp3) is 0.421. The van der Waals surface area contributed by atoms with Crippen LogP contribution in [0.4, 0.5) is 10.1 Å². The van der Waals surface area contributed by atoms with Gasteiger partial charge in [0.2, 0.25) is 11.8 Å². The quantitative estimate of drug-likeness (QED) is 0.333. The summed E-state index contributed by atoms with van der Waals surface area (Å²) >= 11 is 0. The highest BCUT2D eigenvalue weighted by molar-refractivity contribution is 6.23. The SMILES string of the molecule is O=C(O)COCCOCCNc1cc2c(cc1F)C(=O)N(C1CCC(=O)NC1=O)C2=O. The maximum absolute atomic E-state index is 14.4. The average molecular weight is 437 g/mol. The van der Waals surface area contributed by atoms with Crippen LogP contribution >= 0.6 is 0 Å². The number of carboxylic acid groups (broad SMARTS) is 1. The number of carbonyl (C=O) groups excluding carboxylic acids is 4. The molecule has 3 N–H and O–H groups in total. The van der Waals surface area contributed by atoms with Gasteiger partial charge in [0.1, 0.15) is 18.5 Å². The van der Waals surface area contributed by atoms with Gasteiger partial charge in [-0.25, -0.2) is 9.18 Å². The van der Waals surface area contributed by atoms with Crippen molar-refractivity contribution in [3.63, 3.8) is 0 Å². The molecule has 2 aliphatic rings. The molecule has 1 unspecified atom stereocenters. The lowest BCUT2D eigenvalue weighted by Gasteiger charge is -2.27. The number of piperidine rings is 1. The Hall–Kier alpha value is -3.38. The highest BCUT2D eigenvalue weighted by atomic mass is 19.1. The van der Waals surface area contributed by atoms with E-state index in [-0.39, 0.29) is 56.0 Å². The predicted octanol–water partition coefficient (Wildman–Crippen LogP) is -0.243. The van der Waals surface area contributed by atoms with Crippen LogP contribution in [0, 0.1) is 5.82 Å². The third-order valence-electron chi connectivity index (χ3n) is 4.69. The molecule has 1 saturated heterocycles. The first-order chi connectivity index (χ1) is 14.8. The molecular formula is C19H20FN3O8. The molecule has 11 nitrogen and oxygen atoms in total. The molecule has 1 aromatic carbocycles. The van der Waals surface area contributed by atoms with Gasteiger partial charge in [0.05, 0.1) is 36.6 Å². The lowest BCUT2D eigenvalue weighted by molar-refractivity contribution is -0.142. The van der Waals surface area contributed by atoms with Crippen molar-refractivity contribution < 1.29 is 42.9 Å². The number of rotatable bonds is 10. The summed E-state index contributed by atoms with van der Waals surface area (Å²) in [6.45, 7) is 0.141. The minimum Gasteiger partial charge on any atom is -0.480 e. The van der Waals surface area contributed by atoms with Gasteiger partial charge in [0, 0.05) is 13.0 Å². The monoisotopic (exact) mass is 437 g/mol. The van der Waals surface area contributed by atoms with E-state index in [2.05, 4.69) is 10.6 Å². The summed E-state index contributed by atoms with van der Waals surface area (Å²) in [7, 11) is 0. The second-order valence-electron chi connectivity index (χ2n) is 6.81. The minimum absolute atomic E-state index is 0.00761. The molecule has 4 amide bonds. The van der Waals surface area contributed by atoms with E-state index < -0.39 is 48.1 Å². The topological polar surface area (TPSA) is 151 Å². The van der Waals surface area contributed by atoms with Crippen molar-refractivity contribution in [3.05, 3.63) is 29.1 Å². The van der Waals surface area contributed by atoms with Gasteiger partial charge in [-0.3, -0.25) is 29.4 Å². The first-order valence-electron chi connectivity index (χ1n) is 9.46. The molecule has 0 radical (unpaired) electrons. The van der Waals surface area contributed by atoms with Crippen LogP contribution in [0.15, 0.2) is 12.1 Å². The number of carboxylic acids is 1. The maximum Gasteiger partial charge on any atom is 0.329 e. The third-order valence-corrected chi connectivity index (χ3v) is 4.69. The second-order valence-corrected chi connectivity index (χ2v) is 6.81. The van der Waals surface area contributed by atoms with Crippen molar-refractivity contribution in [2.75, 3.05) is 38.3 Å². The van der Waals surface area contributed by atoms with Gasteiger partial charge in [0.25, 0.3) is 11.8 Å². The minimum atomic E-state index is -1.12. The largest absolute Gasteiger partial charge is 0.480 e. The molecule has 2 aliphatic heterocycles. The number of fused-ring (bicyclic) bond motifs is 1. The van der Waals surface area contributed by atoms with E-state index >= 15 is 0 Å². The van der Waals surface area contributed by atoms with Crippen LogP contribution in [0.2, 0.25) is 0 Å². The Morgan fingerprint density at radius 1 is 1.13 bits per heavy atom. The molecule has 0 bridgehead atoms. The van der Waals surface area contributed by atoms with Crippen molar-refractivity contribution in [1.29, 1.82) is 0 Å². The first kappa shape index (κ1) is 22.3. The van der Waals surface area contributed by atoms with E-state index in [9.17, 15) is 28.4 Å². The smallest absolute Gasteiger partial charge is 0.329 e. The second kappa shape index (κ2) is 9.62. The van der Waals surface area contributed by atoms with Gasteiger partial charge >= 0.3 is 5.97 Å². The summed E-state index contributed by atoms with van der Waals surface area (Å²) in [4.78, 5) is 59.8. The zero-order valence-corrected chi connectivity index (χ0v) is 16.3. The maximum atomic E-state index is 14.4. The van der Waals surface area contributed by atoms with E-state index in [0.29, 0.717) is 0 Å². The zero-order valence-electron chi connectivity index (χ0n) is 16.3. The number of imide groups is 2. The number of nitrogens with one attached hydrogen (secondary N) is 2. The van der Waals surface area contributed by atoms with Crippen molar-refractivity contribution in [2.24, 2.45) is 0 Å². The van der Waals surface area contributed by atoms with E-state index in [4.69, 9.17) is 14.6 Å². The highest BCUT2D eigenvalue weighted by Crippen LogP contribution is 2.31. The summed E-state index contributed by atoms with van der Waals surface area (Å²) in [5, 5.41) is 13.3. The summed E-state index contributed by atoms with van der Waals surface area (Å²) < 4.78 is 24.4. The van der Waals surface area contributed by atoms with Crippen LogP contribution in [0.25, 0.3) is 0 Å². The van der Waals surface area contributed by atoms with E-state index in [1.165, 1.54) is 6.07 Å². The number of carbonyl (C=O) groups is 5. The van der Waals surface area contributed by atoms with Gasteiger partial charge in [-0.1, -0.05) is 0 Å². The number of aliphatic carboxylic acids is 1. The number of hydrogen-bond acceptors (Lipinski definition) is 8. The summed E-state index contributed by atoms with van der Waals surface area (Å²) in [6, 6.07) is 1.01. The number of ether oxygens (including phenoxy) is 2. The number of hydrogen-bond donors (Lipinski definition) is 3. The Balaban J connectivity index is 1.58. The molecule has 0 spiro atoms. The number of anilines is 1. The fourth-order valence-corrected chi connectivity index (χ4v) is 3.26. The number of amides is 4. The zero-order chi connectivity index (χ0) is 22.5. The van der Waals surface area contributed by atoms with Gasteiger partial charge in [-0.05, 0) is 18.6 Å². The van der Waals surface area contributed by atoms with Crippen LogP contribution in [-0.4, -0.2) is 78.6 Å². The number of nitrogens with zero attached hydrogens (tertiary/aromatic N) is 1. The third kappa shape index (κ3) is 5.03. The van der Waals surface area contributed by atoms with Crippen molar-refractivity contribution in [2.45, 2.75) is 18.9 Å². The van der Waals surface area contributed by atoms with E-state index in [1.54, 1.807) is 0 Å². The Morgan fingerprint density at radius 2 is 1.81 bits per heavy atom. The molecular weight excluding hydrogens is 417 g/mol. The fourth-order valence-electron chi connectivity index (χ4n) is 3.26. The Kier molecular flexibility index (Phi) is 6.92. The highest BCUT2D eigenvalue weighted by Gasteiger charge is 2.45. The van der Waals surface area contributed by atoms with Gasteiger partial charge in [-0.2, -0.15) is 0 Å². The average Bonchev–Trinajstić information content (AvgIpc) is 2.94. The number of halogens is 1. The molecule has 1 aromatic rings. The lowest BCUT2D eigenvalue weighted by atomic mass is 10.0. The normalized spacial score (nSPS) is 18.2. The van der Waals surface area contributed by atoms with Crippen LogP contribution in [0.3, 0.4) is 0 Å². The Labute approximate surface area is 175 Å². The first-order valence-corrected chi connectivity index (χ1v) is 9.46. The molecule has 31 heavy (non-hydrogen) atoms. The van der Waals surface area contributed by atoms with Crippen LogP contribution in [0.1, 0.15) is 33.6 Å². The van der Waals surface area contributed by atoms with Crippen LogP contribution in [-0.2, 0) is 23.9 Å². The van der Waals surface area contributed by atoms with Gasteiger partial charge in [0.15, 0.2) is 0 Å². The summed E-state index contributed by atoms with van der Waals surface area (Å²) in [6.07, 6.45) is 0.00354. The number of benzene rings is 1. The molecule has 2 heterocycles. The molecule has 0 saturated carbocycles. The van der Waals surface area contributed by atoms with Gasteiger partial charge in [-0.15, -0.1) is 0 Å². The molecule has 0 aliphatic carbocycles. The van der Waals surface area contributed by atoms with Crippen molar-refractivity contribution in [3.8, 4) is 0 Å². The molecule has 3 rings (SSSR count). The van der Waals surface area contributed by atoms with E-state index in [0.717, 1.165) is 11.0 Å². The summed E-state index contributed by atoms with van der Waals surface area (Å²) in [5.41, 5.74) is -0.207. The molecule has 1 atom stereocenters. The molecule has 0 aromatic heterocycles. The lowest BCUT2D eigenvalue weighted by Crippen LogP contribution is -2.54. The molecule has 166 valence electrons. The summed E-state index contributed by atoms with van der Waals surface area (Å²) in [5.74, 6) is -4.58.